The molecule has 4 nitrogen and oxygen atoms in total. The molecule has 4 heteroatoms. The topological polar surface area (TPSA) is 58.2 Å². The lowest BCUT2D eigenvalue weighted by atomic mass is 9.85. The van der Waals surface area contributed by atoms with Gasteiger partial charge < -0.3 is 10.6 Å². The van der Waals surface area contributed by atoms with E-state index >= 15 is 0 Å². The normalized spacial score (nSPS) is 34.3. The Kier molecular flexibility index (Phi) is 5.44. The lowest BCUT2D eigenvalue weighted by Crippen LogP contribution is -2.51. The average Bonchev–Trinajstić information content (AvgIpc) is 2.43. The van der Waals surface area contributed by atoms with E-state index in [9.17, 15) is 9.59 Å². The molecule has 4 unspecified atom stereocenters. The van der Waals surface area contributed by atoms with E-state index in [0.29, 0.717) is 11.8 Å². The maximum atomic E-state index is 12.0. The first-order valence-electron chi connectivity index (χ1n) is 8.19. The lowest BCUT2D eigenvalue weighted by Gasteiger charge is -2.31. The van der Waals surface area contributed by atoms with Gasteiger partial charge in [0, 0.05) is 12.1 Å². The fourth-order valence-corrected chi connectivity index (χ4v) is 3.53. The van der Waals surface area contributed by atoms with Crippen molar-refractivity contribution >= 4 is 11.8 Å². The molecule has 0 aromatic rings. The van der Waals surface area contributed by atoms with Crippen LogP contribution in [0.25, 0.3) is 0 Å². The Morgan fingerprint density at radius 3 is 1.40 bits per heavy atom. The molecule has 0 saturated heterocycles. The number of amides is 2. The Hall–Kier alpha value is -1.06. The Morgan fingerprint density at radius 1 is 0.700 bits per heavy atom. The smallest absolute Gasteiger partial charge is 0.309 e. The largest absolute Gasteiger partial charge is 0.345 e. The van der Waals surface area contributed by atoms with Crippen LogP contribution in [-0.2, 0) is 9.59 Å². The minimum atomic E-state index is -0.443. The highest BCUT2D eigenvalue weighted by molar-refractivity contribution is 6.35. The van der Waals surface area contributed by atoms with Crippen molar-refractivity contribution in [3.63, 3.8) is 0 Å². The van der Waals surface area contributed by atoms with Gasteiger partial charge >= 0.3 is 11.8 Å². The molecule has 2 rings (SSSR count). The van der Waals surface area contributed by atoms with Crippen molar-refractivity contribution in [2.45, 2.75) is 77.3 Å². The van der Waals surface area contributed by atoms with E-state index in [1.165, 1.54) is 12.8 Å². The van der Waals surface area contributed by atoms with Gasteiger partial charge in [-0.2, -0.15) is 0 Å². The van der Waals surface area contributed by atoms with Gasteiger partial charge in [0.05, 0.1) is 0 Å². The van der Waals surface area contributed by atoms with E-state index in [4.69, 9.17) is 0 Å². The molecule has 2 N–H and O–H groups in total. The molecule has 0 radical (unpaired) electrons. The Labute approximate surface area is 122 Å². The molecule has 2 amide bonds. The molecule has 0 spiro atoms. The van der Waals surface area contributed by atoms with Crippen molar-refractivity contribution in [2.24, 2.45) is 11.8 Å². The molecule has 2 saturated carbocycles. The molecule has 0 aliphatic heterocycles. The Morgan fingerprint density at radius 2 is 1.05 bits per heavy atom. The summed E-state index contributed by atoms with van der Waals surface area (Å²) in [5, 5.41) is 5.84. The van der Waals surface area contributed by atoms with E-state index in [0.717, 1.165) is 38.5 Å². The highest BCUT2D eigenvalue weighted by atomic mass is 16.2. The van der Waals surface area contributed by atoms with E-state index in [1.807, 2.05) is 0 Å². The molecule has 2 aliphatic carbocycles. The number of hydrogen-bond acceptors (Lipinski definition) is 2. The fraction of sp³-hybridized carbons (Fsp3) is 0.875. The first kappa shape index (κ1) is 15.3. The van der Waals surface area contributed by atoms with Crippen LogP contribution in [0.15, 0.2) is 0 Å². The van der Waals surface area contributed by atoms with Gasteiger partial charge in [0.2, 0.25) is 0 Å². The average molecular weight is 280 g/mol. The summed E-state index contributed by atoms with van der Waals surface area (Å²) in [6.45, 7) is 4.32. The van der Waals surface area contributed by atoms with Gasteiger partial charge in [-0.05, 0) is 37.5 Å². The predicted molar refractivity (Wildman–Crippen MR) is 79.1 cm³/mol. The van der Waals surface area contributed by atoms with Crippen LogP contribution in [0, 0.1) is 11.8 Å². The first-order valence-corrected chi connectivity index (χ1v) is 8.19. The van der Waals surface area contributed by atoms with Crippen LogP contribution >= 0.6 is 0 Å². The molecule has 2 aliphatic rings. The van der Waals surface area contributed by atoms with E-state index in [1.54, 1.807) is 0 Å². The monoisotopic (exact) mass is 280 g/mol. The quantitative estimate of drug-likeness (QED) is 0.763. The zero-order chi connectivity index (χ0) is 14.5. The van der Waals surface area contributed by atoms with Crippen LogP contribution in [0.5, 0.6) is 0 Å². The standard InChI is InChI=1S/C16H28N2O2/c1-11-7-3-5-9-13(11)17-15(19)16(20)18-14-10-6-4-8-12(14)2/h11-14H,3-10H2,1-2H3,(H,17,19)(H,18,20). The molecule has 0 aromatic heterocycles. The summed E-state index contributed by atoms with van der Waals surface area (Å²) < 4.78 is 0. The van der Waals surface area contributed by atoms with Gasteiger partial charge in [-0.25, -0.2) is 0 Å². The Balaban J connectivity index is 1.80. The number of carbonyl (C=O) groups excluding carboxylic acids is 2. The highest BCUT2D eigenvalue weighted by Crippen LogP contribution is 2.24. The second-order valence-electron chi connectivity index (χ2n) is 6.68. The van der Waals surface area contributed by atoms with Crippen molar-refractivity contribution in [3.8, 4) is 0 Å². The summed E-state index contributed by atoms with van der Waals surface area (Å²) in [7, 11) is 0. The number of carbonyl (C=O) groups is 2. The van der Waals surface area contributed by atoms with Crippen LogP contribution in [0.2, 0.25) is 0 Å². The van der Waals surface area contributed by atoms with E-state index < -0.39 is 11.8 Å². The van der Waals surface area contributed by atoms with Crippen LogP contribution in [-0.4, -0.2) is 23.9 Å². The fourth-order valence-electron chi connectivity index (χ4n) is 3.53. The lowest BCUT2D eigenvalue weighted by molar-refractivity contribution is -0.140. The predicted octanol–water partition coefficient (Wildman–Crippen LogP) is 2.38. The van der Waals surface area contributed by atoms with Crippen LogP contribution in [0.4, 0.5) is 0 Å². The first-order chi connectivity index (χ1) is 9.58. The van der Waals surface area contributed by atoms with Crippen molar-refractivity contribution in [1.82, 2.24) is 10.6 Å². The van der Waals surface area contributed by atoms with Gasteiger partial charge in [0.25, 0.3) is 0 Å². The van der Waals surface area contributed by atoms with Gasteiger partial charge in [0.15, 0.2) is 0 Å². The second kappa shape index (κ2) is 7.09. The number of hydrogen-bond donors (Lipinski definition) is 2. The third-order valence-electron chi connectivity index (χ3n) is 5.06. The van der Waals surface area contributed by atoms with Crippen molar-refractivity contribution in [1.29, 1.82) is 0 Å². The summed E-state index contributed by atoms with van der Waals surface area (Å²) >= 11 is 0. The maximum absolute atomic E-state index is 12.0. The third kappa shape index (κ3) is 3.97. The van der Waals surface area contributed by atoms with E-state index in [-0.39, 0.29) is 12.1 Å². The molecule has 2 fully saturated rings. The van der Waals surface area contributed by atoms with Crippen LogP contribution < -0.4 is 10.6 Å². The minimum absolute atomic E-state index is 0.172. The molecule has 20 heavy (non-hydrogen) atoms. The summed E-state index contributed by atoms with van der Waals surface area (Å²) in [5.41, 5.74) is 0. The number of nitrogens with one attached hydrogen (secondary N) is 2. The zero-order valence-corrected chi connectivity index (χ0v) is 12.8. The zero-order valence-electron chi connectivity index (χ0n) is 12.8. The summed E-state index contributed by atoms with van der Waals surface area (Å²) in [5.74, 6) is 0.0752. The van der Waals surface area contributed by atoms with Gasteiger partial charge in [-0.3, -0.25) is 9.59 Å². The maximum Gasteiger partial charge on any atom is 0.309 e. The van der Waals surface area contributed by atoms with Crippen LogP contribution in [0.1, 0.15) is 65.2 Å². The molecular formula is C16H28N2O2. The molecule has 4 atom stereocenters. The highest BCUT2D eigenvalue weighted by Gasteiger charge is 2.28. The van der Waals surface area contributed by atoms with Gasteiger partial charge in [0.1, 0.15) is 0 Å². The van der Waals surface area contributed by atoms with Crippen molar-refractivity contribution < 1.29 is 9.59 Å². The molecule has 114 valence electrons. The summed E-state index contributed by atoms with van der Waals surface area (Å²) in [4.78, 5) is 24.0. The van der Waals surface area contributed by atoms with E-state index in [2.05, 4.69) is 24.5 Å². The van der Waals surface area contributed by atoms with Crippen LogP contribution in [0.3, 0.4) is 0 Å². The Bertz CT molecular complexity index is 322. The third-order valence-corrected chi connectivity index (χ3v) is 5.06. The molecule has 0 bridgehead atoms. The van der Waals surface area contributed by atoms with Crippen molar-refractivity contribution in [3.05, 3.63) is 0 Å². The van der Waals surface area contributed by atoms with Crippen molar-refractivity contribution in [2.75, 3.05) is 0 Å². The second-order valence-corrected chi connectivity index (χ2v) is 6.68. The number of rotatable bonds is 2. The molecular weight excluding hydrogens is 252 g/mol. The van der Waals surface area contributed by atoms with Gasteiger partial charge in [-0.15, -0.1) is 0 Å². The SMILES string of the molecule is CC1CCCCC1NC(=O)C(=O)NC1CCCCC1C. The summed E-state index contributed by atoms with van der Waals surface area (Å²) in [6, 6.07) is 0.344. The summed E-state index contributed by atoms with van der Waals surface area (Å²) in [6.07, 6.45) is 9.06. The molecule has 0 heterocycles. The van der Waals surface area contributed by atoms with Gasteiger partial charge in [-0.1, -0.05) is 39.5 Å². The molecule has 0 aromatic carbocycles. The minimum Gasteiger partial charge on any atom is -0.345 e.